The third-order valence-corrected chi connectivity index (χ3v) is 1.54. The smallest absolute Gasteiger partial charge is 0.263 e. The van der Waals surface area contributed by atoms with Crippen LogP contribution >= 0.6 is 0 Å². The molecule has 0 radical (unpaired) electrons. The average molecular weight is 189 g/mol. The van der Waals surface area contributed by atoms with Crippen LogP contribution in [0.15, 0.2) is 48.1 Å². The van der Waals surface area contributed by atoms with Crippen molar-refractivity contribution in [2.45, 2.75) is 0 Å². The van der Waals surface area contributed by atoms with Crippen LogP contribution in [0.5, 0.6) is 0 Å². The summed E-state index contributed by atoms with van der Waals surface area (Å²) in [5.74, 6) is -0.121. The molecule has 1 amide bonds. The van der Waals surface area contributed by atoms with Gasteiger partial charge < -0.3 is 5.73 Å². The van der Waals surface area contributed by atoms with Gasteiger partial charge in [-0.2, -0.15) is 5.10 Å². The average Bonchev–Trinajstić information content (AvgIpc) is 2.26. The van der Waals surface area contributed by atoms with Gasteiger partial charge in [0.05, 0.1) is 0 Å². The predicted octanol–water partition coefficient (Wildman–Crippen LogP) is 0.609. The van der Waals surface area contributed by atoms with E-state index in [9.17, 15) is 4.79 Å². The van der Waals surface area contributed by atoms with E-state index in [1.807, 2.05) is 18.2 Å². The van der Waals surface area contributed by atoms with Crippen molar-refractivity contribution >= 4 is 11.7 Å². The molecule has 0 aromatic heterocycles. The predicted molar refractivity (Wildman–Crippen MR) is 55.5 cm³/mol. The SMILES string of the molecule is C=CC(=O)NN=C(N)c1ccccc1. The van der Waals surface area contributed by atoms with Crippen LogP contribution in [-0.2, 0) is 4.79 Å². The molecule has 0 bridgehead atoms. The van der Waals surface area contributed by atoms with Crippen molar-refractivity contribution in [2.24, 2.45) is 10.8 Å². The van der Waals surface area contributed by atoms with E-state index in [4.69, 9.17) is 5.73 Å². The Kier molecular flexibility index (Phi) is 3.43. The second-order valence-corrected chi connectivity index (χ2v) is 2.54. The van der Waals surface area contributed by atoms with Crippen LogP contribution in [0.1, 0.15) is 5.56 Å². The molecule has 1 aromatic carbocycles. The maximum absolute atomic E-state index is 10.8. The largest absolute Gasteiger partial charge is 0.382 e. The molecule has 0 heterocycles. The minimum atomic E-state index is -0.385. The normalized spacial score (nSPS) is 10.7. The van der Waals surface area contributed by atoms with Gasteiger partial charge in [-0.3, -0.25) is 4.79 Å². The summed E-state index contributed by atoms with van der Waals surface area (Å²) in [6, 6.07) is 9.16. The van der Waals surface area contributed by atoms with E-state index in [1.165, 1.54) is 0 Å². The van der Waals surface area contributed by atoms with Crippen LogP contribution in [0, 0.1) is 0 Å². The number of hydrogen-bond donors (Lipinski definition) is 2. The molecule has 0 saturated carbocycles. The van der Waals surface area contributed by atoms with Crippen molar-refractivity contribution < 1.29 is 4.79 Å². The number of rotatable bonds is 3. The fraction of sp³-hybridized carbons (Fsp3) is 0. The van der Waals surface area contributed by atoms with E-state index in [1.54, 1.807) is 12.1 Å². The first kappa shape index (κ1) is 9.98. The standard InChI is InChI=1S/C10H11N3O/c1-2-9(14)12-13-10(11)8-6-4-3-5-7-8/h2-7H,1H2,(H2,11,13)(H,12,14). The number of nitrogens with two attached hydrogens (primary N) is 1. The Morgan fingerprint density at radius 2 is 2.07 bits per heavy atom. The van der Waals surface area contributed by atoms with Crippen molar-refractivity contribution in [3.63, 3.8) is 0 Å². The van der Waals surface area contributed by atoms with Gasteiger partial charge in [0, 0.05) is 5.56 Å². The molecule has 4 nitrogen and oxygen atoms in total. The Balaban J connectivity index is 2.70. The van der Waals surface area contributed by atoms with Gasteiger partial charge in [-0.15, -0.1) is 0 Å². The maximum atomic E-state index is 10.8. The highest BCUT2D eigenvalue weighted by Crippen LogP contribution is 1.96. The number of nitrogens with zero attached hydrogens (tertiary/aromatic N) is 1. The minimum Gasteiger partial charge on any atom is -0.382 e. The number of hydrazone groups is 1. The summed E-state index contributed by atoms with van der Waals surface area (Å²) >= 11 is 0. The molecule has 1 rings (SSSR count). The van der Waals surface area contributed by atoms with Gasteiger partial charge in [0.25, 0.3) is 5.91 Å². The highest BCUT2D eigenvalue weighted by Gasteiger charge is 1.96. The third kappa shape index (κ3) is 2.75. The molecular weight excluding hydrogens is 178 g/mol. The van der Waals surface area contributed by atoms with Crippen molar-refractivity contribution in [3.05, 3.63) is 48.6 Å². The molecule has 0 aliphatic rings. The lowest BCUT2D eigenvalue weighted by Gasteiger charge is -1.99. The summed E-state index contributed by atoms with van der Waals surface area (Å²) in [4.78, 5) is 10.8. The van der Waals surface area contributed by atoms with Crippen molar-refractivity contribution in [1.82, 2.24) is 5.43 Å². The van der Waals surface area contributed by atoms with E-state index in [2.05, 4.69) is 17.1 Å². The molecule has 0 atom stereocenters. The highest BCUT2D eigenvalue weighted by molar-refractivity contribution is 5.98. The Bertz CT molecular complexity index is 357. The quantitative estimate of drug-likeness (QED) is 0.316. The zero-order valence-electron chi connectivity index (χ0n) is 7.60. The first-order chi connectivity index (χ1) is 6.74. The Labute approximate surface area is 82.1 Å². The zero-order valence-corrected chi connectivity index (χ0v) is 7.60. The molecule has 4 heteroatoms. The topological polar surface area (TPSA) is 67.5 Å². The van der Waals surface area contributed by atoms with Crippen LogP contribution in [0.25, 0.3) is 0 Å². The summed E-state index contributed by atoms with van der Waals surface area (Å²) in [7, 11) is 0. The zero-order chi connectivity index (χ0) is 10.4. The summed E-state index contributed by atoms with van der Waals surface area (Å²) in [5, 5.41) is 3.69. The third-order valence-electron chi connectivity index (χ3n) is 1.54. The number of amidine groups is 1. The first-order valence-corrected chi connectivity index (χ1v) is 4.05. The van der Waals surface area contributed by atoms with Crippen LogP contribution in [0.4, 0.5) is 0 Å². The molecule has 0 aliphatic carbocycles. The van der Waals surface area contributed by atoms with Crippen molar-refractivity contribution in [2.75, 3.05) is 0 Å². The van der Waals surface area contributed by atoms with Gasteiger partial charge in [0.2, 0.25) is 0 Å². The molecular formula is C10H11N3O. The number of nitrogens with one attached hydrogen (secondary N) is 1. The molecule has 0 aliphatic heterocycles. The van der Waals surface area contributed by atoms with Crippen molar-refractivity contribution in [3.8, 4) is 0 Å². The van der Waals surface area contributed by atoms with Gasteiger partial charge in [0.15, 0.2) is 5.84 Å². The van der Waals surface area contributed by atoms with E-state index < -0.39 is 0 Å². The van der Waals surface area contributed by atoms with Gasteiger partial charge >= 0.3 is 0 Å². The van der Waals surface area contributed by atoms with Gasteiger partial charge in [0.1, 0.15) is 0 Å². The number of carbonyl (C=O) groups is 1. The van der Waals surface area contributed by atoms with E-state index in [-0.39, 0.29) is 11.7 Å². The molecule has 0 spiro atoms. The summed E-state index contributed by atoms with van der Waals surface area (Å²) in [6.07, 6.45) is 1.13. The monoisotopic (exact) mass is 189 g/mol. The first-order valence-electron chi connectivity index (χ1n) is 4.05. The summed E-state index contributed by atoms with van der Waals surface area (Å²) < 4.78 is 0. The number of benzene rings is 1. The highest BCUT2D eigenvalue weighted by atomic mass is 16.2. The fourth-order valence-electron chi connectivity index (χ4n) is 0.834. The molecule has 1 aromatic rings. The van der Waals surface area contributed by atoms with Gasteiger partial charge in [-0.1, -0.05) is 36.9 Å². The van der Waals surface area contributed by atoms with E-state index >= 15 is 0 Å². The number of hydrogen-bond acceptors (Lipinski definition) is 2. The molecule has 14 heavy (non-hydrogen) atoms. The Morgan fingerprint density at radius 3 is 2.64 bits per heavy atom. The lowest BCUT2D eigenvalue weighted by molar-refractivity contribution is -0.116. The van der Waals surface area contributed by atoms with Crippen LogP contribution in [-0.4, -0.2) is 11.7 Å². The van der Waals surface area contributed by atoms with E-state index in [0.717, 1.165) is 11.6 Å². The van der Waals surface area contributed by atoms with E-state index in [0.29, 0.717) is 0 Å². The number of carbonyl (C=O) groups excluding carboxylic acids is 1. The molecule has 72 valence electrons. The molecule has 0 saturated heterocycles. The Hall–Kier alpha value is -2.10. The second kappa shape index (κ2) is 4.81. The Morgan fingerprint density at radius 1 is 1.43 bits per heavy atom. The van der Waals surface area contributed by atoms with Crippen LogP contribution in [0.3, 0.4) is 0 Å². The maximum Gasteiger partial charge on any atom is 0.263 e. The molecule has 3 N–H and O–H groups in total. The lowest BCUT2D eigenvalue weighted by Crippen LogP contribution is -2.22. The second-order valence-electron chi connectivity index (χ2n) is 2.54. The molecule has 0 fully saturated rings. The lowest BCUT2D eigenvalue weighted by atomic mass is 10.2. The summed E-state index contributed by atoms with van der Waals surface area (Å²) in [6.45, 7) is 3.29. The number of amides is 1. The minimum absolute atomic E-state index is 0.265. The summed E-state index contributed by atoms with van der Waals surface area (Å²) in [5.41, 5.74) is 8.60. The van der Waals surface area contributed by atoms with Gasteiger partial charge in [-0.25, -0.2) is 5.43 Å². The molecule has 0 unspecified atom stereocenters. The van der Waals surface area contributed by atoms with Crippen molar-refractivity contribution in [1.29, 1.82) is 0 Å². The fourth-order valence-corrected chi connectivity index (χ4v) is 0.834. The van der Waals surface area contributed by atoms with Gasteiger partial charge in [-0.05, 0) is 6.08 Å². The van der Waals surface area contributed by atoms with Crippen LogP contribution < -0.4 is 11.2 Å². The van der Waals surface area contributed by atoms with Crippen LogP contribution in [0.2, 0.25) is 0 Å².